The van der Waals surface area contributed by atoms with Gasteiger partial charge < -0.3 is 10.2 Å². The average Bonchev–Trinajstić information content (AvgIpc) is 2.52. The molecular formula is C20H24BrNO3. The first-order valence-corrected chi connectivity index (χ1v) is 9.09. The lowest BCUT2D eigenvalue weighted by Crippen LogP contribution is -2.23. The van der Waals surface area contributed by atoms with Crippen molar-refractivity contribution in [1.29, 1.82) is 0 Å². The van der Waals surface area contributed by atoms with E-state index in [0.29, 0.717) is 15.8 Å². The molecule has 0 saturated heterocycles. The highest BCUT2D eigenvalue weighted by Crippen LogP contribution is 2.42. The molecule has 4 nitrogen and oxygen atoms in total. The molecule has 0 aliphatic heterocycles. The maximum absolute atomic E-state index is 12.4. The Morgan fingerprint density at radius 1 is 1.00 bits per heavy atom. The molecule has 0 fully saturated rings. The fourth-order valence-corrected chi connectivity index (χ4v) is 3.20. The summed E-state index contributed by atoms with van der Waals surface area (Å²) in [5.74, 6) is 0.256. The summed E-state index contributed by atoms with van der Waals surface area (Å²) in [6.45, 7) is 9.45. The van der Waals surface area contributed by atoms with Crippen molar-refractivity contribution in [3.05, 3.63) is 45.9 Å². The average molecular weight is 406 g/mol. The van der Waals surface area contributed by atoms with E-state index >= 15 is 0 Å². The molecule has 0 aliphatic rings. The maximum atomic E-state index is 12.4. The molecule has 0 atom stereocenters. The van der Waals surface area contributed by atoms with Crippen LogP contribution in [0, 0.1) is 0 Å². The van der Waals surface area contributed by atoms with E-state index in [1.165, 1.54) is 11.8 Å². The summed E-state index contributed by atoms with van der Waals surface area (Å²) in [5.41, 5.74) is 2.59. The molecule has 1 amide bonds. The fraction of sp³-hybridized carbons (Fsp3) is 0.350. The first-order valence-electron chi connectivity index (χ1n) is 8.30. The molecule has 0 radical (unpaired) electrons. The Kier molecular flexibility index (Phi) is 5.78. The predicted octanol–water partition coefficient (Wildman–Crippen LogP) is 5.79. The Hall–Kier alpha value is -2.01. The molecule has 5 heteroatoms. The lowest BCUT2D eigenvalue weighted by molar-refractivity contribution is -0.115. The van der Waals surface area contributed by atoms with E-state index in [9.17, 15) is 15.0 Å². The summed E-state index contributed by atoms with van der Waals surface area (Å²) in [6, 6.07) is 8.80. The highest BCUT2D eigenvalue weighted by molar-refractivity contribution is 9.10. The number of amides is 1. The summed E-state index contributed by atoms with van der Waals surface area (Å²) in [6.07, 6.45) is 0. The highest BCUT2D eigenvalue weighted by Gasteiger charge is 2.23. The fourth-order valence-electron chi connectivity index (χ4n) is 2.85. The van der Waals surface area contributed by atoms with Crippen molar-refractivity contribution < 1.29 is 15.0 Å². The minimum Gasteiger partial charge on any atom is -0.507 e. The maximum Gasteiger partial charge on any atom is 0.228 e. The van der Waals surface area contributed by atoms with Crippen molar-refractivity contribution in [2.45, 2.75) is 46.5 Å². The smallest absolute Gasteiger partial charge is 0.228 e. The van der Waals surface area contributed by atoms with Crippen molar-refractivity contribution >= 4 is 33.2 Å². The Morgan fingerprint density at radius 2 is 1.52 bits per heavy atom. The van der Waals surface area contributed by atoms with Gasteiger partial charge in [0.25, 0.3) is 0 Å². The van der Waals surface area contributed by atoms with E-state index in [-0.39, 0.29) is 29.2 Å². The molecule has 25 heavy (non-hydrogen) atoms. The number of hydrogen-bond acceptors (Lipinski definition) is 3. The van der Waals surface area contributed by atoms with E-state index < -0.39 is 0 Å². The number of rotatable bonds is 4. The molecule has 0 spiro atoms. The van der Waals surface area contributed by atoms with Crippen molar-refractivity contribution in [2.24, 2.45) is 0 Å². The topological polar surface area (TPSA) is 60.8 Å². The minimum absolute atomic E-state index is 0.00275. The molecule has 2 N–H and O–H groups in total. The Labute approximate surface area is 157 Å². The van der Waals surface area contributed by atoms with Crippen LogP contribution in [0.3, 0.4) is 0 Å². The third kappa shape index (κ3) is 3.82. The summed E-state index contributed by atoms with van der Waals surface area (Å²) in [7, 11) is 0. The molecular weight excluding hydrogens is 382 g/mol. The molecule has 0 aromatic heterocycles. The van der Waals surface area contributed by atoms with Crippen LogP contribution >= 0.6 is 15.9 Å². The van der Waals surface area contributed by atoms with Crippen LogP contribution < -0.4 is 4.90 Å². The number of para-hydroxylation sites is 1. The number of nitrogens with zero attached hydrogens (tertiary/aromatic N) is 1. The number of halogens is 1. The second-order valence-electron chi connectivity index (χ2n) is 6.74. The van der Waals surface area contributed by atoms with Crippen LogP contribution in [-0.2, 0) is 4.79 Å². The van der Waals surface area contributed by atoms with Gasteiger partial charge in [-0.2, -0.15) is 0 Å². The summed E-state index contributed by atoms with van der Waals surface area (Å²) < 4.78 is 0.517. The van der Waals surface area contributed by atoms with Crippen LogP contribution in [0.15, 0.2) is 34.8 Å². The molecule has 0 unspecified atom stereocenters. The van der Waals surface area contributed by atoms with Crippen LogP contribution in [0.25, 0.3) is 0 Å². The lowest BCUT2D eigenvalue weighted by Gasteiger charge is -2.26. The highest BCUT2D eigenvalue weighted by atomic mass is 79.9. The number of phenols is 2. The monoisotopic (exact) mass is 405 g/mol. The number of anilines is 2. The van der Waals surface area contributed by atoms with Crippen LogP contribution in [0.1, 0.15) is 57.6 Å². The van der Waals surface area contributed by atoms with E-state index in [2.05, 4.69) is 15.9 Å². The quantitative estimate of drug-likeness (QED) is 0.676. The van der Waals surface area contributed by atoms with Crippen LogP contribution in [-0.4, -0.2) is 16.1 Å². The predicted molar refractivity (Wildman–Crippen MR) is 105 cm³/mol. The molecule has 0 heterocycles. The summed E-state index contributed by atoms with van der Waals surface area (Å²) >= 11 is 3.30. The van der Waals surface area contributed by atoms with E-state index in [4.69, 9.17) is 0 Å². The standard InChI is InChI=1S/C20H24BrNO3/c1-11(2)15-9-14(10-16(12(3)4)19(15)24)22(13(5)23)18-8-6-7-17(21)20(18)25/h6-12,24-25H,1-5H3. The second-order valence-corrected chi connectivity index (χ2v) is 7.60. The zero-order valence-corrected chi connectivity index (χ0v) is 16.8. The van der Waals surface area contributed by atoms with Gasteiger partial charge in [-0.15, -0.1) is 0 Å². The Bertz CT molecular complexity index is 771. The Morgan fingerprint density at radius 3 is 1.96 bits per heavy atom. The van der Waals surface area contributed by atoms with E-state index in [0.717, 1.165) is 11.1 Å². The second kappa shape index (κ2) is 7.48. The van der Waals surface area contributed by atoms with E-state index in [1.54, 1.807) is 18.2 Å². The number of carbonyl (C=O) groups is 1. The third-order valence-corrected chi connectivity index (χ3v) is 4.82. The van der Waals surface area contributed by atoms with Crippen LogP contribution in [0.5, 0.6) is 11.5 Å². The molecule has 0 bridgehead atoms. The van der Waals surface area contributed by atoms with Crippen molar-refractivity contribution in [2.75, 3.05) is 4.90 Å². The van der Waals surface area contributed by atoms with Gasteiger partial charge in [-0.05, 0) is 63.2 Å². The normalized spacial score (nSPS) is 11.2. The number of phenolic OH excluding ortho intramolecular Hbond substituents is 2. The number of benzene rings is 2. The third-order valence-electron chi connectivity index (χ3n) is 4.18. The minimum atomic E-state index is -0.219. The molecule has 0 aliphatic carbocycles. The van der Waals surface area contributed by atoms with Crippen LogP contribution in [0.2, 0.25) is 0 Å². The van der Waals surface area contributed by atoms with Gasteiger partial charge in [0.2, 0.25) is 5.91 Å². The molecule has 2 aromatic carbocycles. The molecule has 2 rings (SSSR count). The van der Waals surface area contributed by atoms with E-state index in [1.807, 2.05) is 39.8 Å². The van der Waals surface area contributed by atoms with Crippen LogP contribution in [0.4, 0.5) is 11.4 Å². The first kappa shape index (κ1) is 19.3. The van der Waals surface area contributed by atoms with Gasteiger partial charge in [-0.25, -0.2) is 0 Å². The number of carbonyl (C=O) groups excluding carboxylic acids is 1. The van der Waals surface area contributed by atoms with Gasteiger partial charge in [0.05, 0.1) is 10.2 Å². The van der Waals surface area contributed by atoms with Gasteiger partial charge >= 0.3 is 0 Å². The first-order chi connectivity index (χ1) is 11.6. The van der Waals surface area contributed by atoms with Crippen molar-refractivity contribution in [3.63, 3.8) is 0 Å². The zero-order valence-electron chi connectivity index (χ0n) is 15.2. The van der Waals surface area contributed by atoms with Gasteiger partial charge in [-0.3, -0.25) is 9.69 Å². The summed E-state index contributed by atoms with van der Waals surface area (Å²) in [4.78, 5) is 13.9. The van der Waals surface area contributed by atoms with Crippen molar-refractivity contribution in [1.82, 2.24) is 0 Å². The van der Waals surface area contributed by atoms with Gasteiger partial charge in [0.1, 0.15) is 5.75 Å². The molecule has 0 saturated carbocycles. The summed E-state index contributed by atoms with van der Waals surface area (Å²) in [5, 5.41) is 21.0. The molecule has 134 valence electrons. The Balaban J connectivity index is 2.75. The number of aromatic hydroxyl groups is 2. The van der Waals surface area contributed by atoms with Gasteiger partial charge in [0.15, 0.2) is 5.75 Å². The zero-order chi connectivity index (χ0) is 18.9. The van der Waals surface area contributed by atoms with Gasteiger partial charge in [-0.1, -0.05) is 33.8 Å². The van der Waals surface area contributed by atoms with Gasteiger partial charge in [0, 0.05) is 12.6 Å². The SMILES string of the molecule is CC(=O)N(c1cc(C(C)C)c(O)c(C(C)C)c1)c1cccc(Br)c1O. The number of hydrogen-bond donors (Lipinski definition) is 2. The van der Waals surface area contributed by atoms with Crippen molar-refractivity contribution in [3.8, 4) is 11.5 Å². The lowest BCUT2D eigenvalue weighted by atomic mass is 9.92. The molecule has 2 aromatic rings. The largest absolute Gasteiger partial charge is 0.507 e.